The Bertz CT molecular complexity index is 1740. The maximum Gasteiger partial charge on any atom is 0.0794 e. The Kier molecular flexibility index (Phi) is 3.22. The number of hydrogen-bond donors (Lipinski definition) is 1. The second-order valence-electron chi connectivity index (χ2n) is 9.04. The fourth-order valence-electron chi connectivity index (χ4n) is 5.94. The van der Waals surface area contributed by atoms with Crippen LogP contribution in [0.15, 0.2) is 109 Å². The molecule has 0 spiro atoms. The summed E-state index contributed by atoms with van der Waals surface area (Å²) >= 11 is 0. The minimum atomic E-state index is 0.108. The Morgan fingerprint density at radius 2 is 1.39 bits per heavy atom. The predicted octanol–water partition coefficient (Wildman–Crippen LogP) is 7.95. The van der Waals surface area contributed by atoms with Crippen molar-refractivity contribution >= 4 is 27.5 Å². The molecule has 1 unspecified atom stereocenters. The first kappa shape index (κ1) is 17.3. The Morgan fingerprint density at radius 1 is 0.576 bits per heavy atom. The van der Waals surface area contributed by atoms with Gasteiger partial charge in [0.15, 0.2) is 0 Å². The number of para-hydroxylation sites is 1. The molecule has 2 heteroatoms. The number of benzene rings is 5. The molecule has 33 heavy (non-hydrogen) atoms. The van der Waals surface area contributed by atoms with E-state index in [-0.39, 0.29) is 6.04 Å². The standard InChI is InChI=1S/C31H20N2/c1-2-8-19(9-3-1)20-14-17-28-26(18-20)29-23-12-5-4-10-21(23)24-15-16-25-22-11-6-7-13-27(22)33(28)31(25)30(24)32-29/h1-18,29,32H. The highest BCUT2D eigenvalue weighted by Crippen LogP contribution is 2.52. The van der Waals surface area contributed by atoms with Crippen LogP contribution in [0.2, 0.25) is 0 Å². The molecule has 1 N–H and O–H groups in total. The summed E-state index contributed by atoms with van der Waals surface area (Å²) in [5.74, 6) is 0. The zero-order valence-electron chi connectivity index (χ0n) is 17.9. The van der Waals surface area contributed by atoms with Crippen molar-refractivity contribution in [1.29, 1.82) is 0 Å². The molecule has 8 rings (SSSR count). The van der Waals surface area contributed by atoms with Gasteiger partial charge in [-0.1, -0.05) is 91.0 Å². The van der Waals surface area contributed by atoms with Gasteiger partial charge in [-0.25, -0.2) is 0 Å². The van der Waals surface area contributed by atoms with E-state index in [0.29, 0.717) is 0 Å². The molecular formula is C31H20N2. The summed E-state index contributed by atoms with van der Waals surface area (Å²) < 4.78 is 2.48. The highest BCUT2D eigenvalue weighted by atomic mass is 15.1. The highest BCUT2D eigenvalue weighted by molar-refractivity contribution is 6.17. The summed E-state index contributed by atoms with van der Waals surface area (Å²) in [6, 6.07) is 40.0. The minimum Gasteiger partial charge on any atom is -0.372 e. The number of fused-ring (bicyclic) bond motifs is 6. The molecule has 2 aliphatic rings. The van der Waals surface area contributed by atoms with E-state index in [4.69, 9.17) is 0 Å². The number of nitrogens with zero attached hydrogens (tertiary/aromatic N) is 1. The topological polar surface area (TPSA) is 17.0 Å². The van der Waals surface area contributed by atoms with Crippen LogP contribution in [-0.2, 0) is 0 Å². The van der Waals surface area contributed by atoms with Gasteiger partial charge in [-0.15, -0.1) is 0 Å². The first-order valence-electron chi connectivity index (χ1n) is 11.5. The van der Waals surface area contributed by atoms with Gasteiger partial charge in [-0.05, 0) is 40.5 Å². The Hall–Kier alpha value is -4.30. The monoisotopic (exact) mass is 420 g/mol. The molecule has 0 amide bonds. The summed E-state index contributed by atoms with van der Waals surface area (Å²) in [6.07, 6.45) is 0. The summed E-state index contributed by atoms with van der Waals surface area (Å²) in [5.41, 5.74) is 12.8. The third-order valence-electron chi connectivity index (χ3n) is 7.37. The molecular weight excluding hydrogens is 400 g/mol. The van der Waals surface area contributed by atoms with Crippen LogP contribution < -0.4 is 5.32 Å². The molecule has 1 atom stereocenters. The molecule has 4 bridgehead atoms. The number of nitrogens with one attached hydrogen (secondary N) is 1. The largest absolute Gasteiger partial charge is 0.372 e. The molecule has 0 saturated carbocycles. The summed E-state index contributed by atoms with van der Waals surface area (Å²) in [5, 5.41) is 6.57. The lowest BCUT2D eigenvalue weighted by molar-refractivity contribution is 0.929. The third-order valence-corrected chi connectivity index (χ3v) is 7.37. The Balaban J connectivity index is 1.56. The fraction of sp³-hybridized carbons (Fsp3) is 0.0323. The SMILES string of the molecule is c1ccc(-c2ccc3c(c2)C2Nc4c(ccc5c6ccccc6n-3c45)-c3ccccc32)cc1. The second kappa shape index (κ2) is 6.14. The molecule has 3 heterocycles. The van der Waals surface area contributed by atoms with E-state index in [1.54, 1.807) is 0 Å². The lowest BCUT2D eigenvalue weighted by Gasteiger charge is -2.29. The molecule has 0 saturated heterocycles. The van der Waals surface area contributed by atoms with Crippen LogP contribution in [0.3, 0.4) is 0 Å². The van der Waals surface area contributed by atoms with Crippen molar-refractivity contribution in [3.63, 3.8) is 0 Å². The number of anilines is 1. The lowest BCUT2D eigenvalue weighted by atomic mass is 9.85. The van der Waals surface area contributed by atoms with E-state index >= 15 is 0 Å². The van der Waals surface area contributed by atoms with Gasteiger partial charge in [0.2, 0.25) is 0 Å². The van der Waals surface area contributed by atoms with Crippen molar-refractivity contribution in [3.05, 3.63) is 120 Å². The first-order chi connectivity index (χ1) is 16.4. The lowest BCUT2D eigenvalue weighted by Crippen LogP contribution is -2.17. The van der Waals surface area contributed by atoms with E-state index in [1.807, 2.05) is 0 Å². The van der Waals surface area contributed by atoms with Gasteiger partial charge in [0, 0.05) is 21.9 Å². The van der Waals surface area contributed by atoms with E-state index in [1.165, 1.54) is 66.6 Å². The maximum atomic E-state index is 3.97. The smallest absolute Gasteiger partial charge is 0.0794 e. The van der Waals surface area contributed by atoms with Gasteiger partial charge in [0.1, 0.15) is 0 Å². The number of rotatable bonds is 1. The molecule has 2 nitrogen and oxygen atoms in total. The fourth-order valence-corrected chi connectivity index (χ4v) is 5.94. The van der Waals surface area contributed by atoms with E-state index in [0.717, 1.165) is 0 Å². The molecule has 6 aromatic rings. The normalized spacial score (nSPS) is 15.2. The summed E-state index contributed by atoms with van der Waals surface area (Å²) in [7, 11) is 0. The van der Waals surface area contributed by atoms with Crippen LogP contribution in [0.4, 0.5) is 5.69 Å². The van der Waals surface area contributed by atoms with Gasteiger partial charge in [-0.3, -0.25) is 0 Å². The number of aromatic nitrogens is 1. The van der Waals surface area contributed by atoms with Gasteiger partial charge in [-0.2, -0.15) is 0 Å². The summed E-state index contributed by atoms with van der Waals surface area (Å²) in [6.45, 7) is 0. The van der Waals surface area contributed by atoms with Crippen molar-refractivity contribution in [2.45, 2.75) is 6.04 Å². The molecule has 2 aliphatic heterocycles. The minimum absolute atomic E-state index is 0.108. The van der Waals surface area contributed by atoms with Gasteiger partial charge in [0.05, 0.1) is 28.5 Å². The molecule has 0 fully saturated rings. The van der Waals surface area contributed by atoms with Crippen LogP contribution in [0.5, 0.6) is 0 Å². The van der Waals surface area contributed by atoms with Crippen molar-refractivity contribution in [3.8, 4) is 27.9 Å². The van der Waals surface area contributed by atoms with Crippen LogP contribution >= 0.6 is 0 Å². The van der Waals surface area contributed by atoms with Gasteiger partial charge >= 0.3 is 0 Å². The Labute approximate surface area is 191 Å². The third kappa shape index (κ3) is 2.18. The van der Waals surface area contributed by atoms with E-state index in [2.05, 4.69) is 119 Å². The second-order valence-corrected chi connectivity index (χ2v) is 9.04. The zero-order chi connectivity index (χ0) is 21.5. The van der Waals surface area contributed by atoms with Crippen LogP contribution in [-0.4, -0.2) is 4.57 Å². The van der Waals surface area contributed by atoms with Crippen molar-refractivity contribution < 1.29 is 0 Å². The van der Waals surface area contributed by atoms with Crippen LogP contribution in [0.1, 0.15) is 17.2 Å². The van der Waals surface area contributed by atoms with Gasteiger partial charge < -0.3 is 9.88 Å². The Morgan fingerprint density at radius 3 is 2.33 bits per heavy atom. The zero-order valence-corrected chi connectivity index (χ0v) is 17.9. The first-order valence-corrected chi connectivity index (χ1v) is 11.5. The van der Waals surface area contributed by atoms with Gasteiger partial charge in [0.25, 0.3) is 0 Å². The molecule has 0 radical (unpaired) electrons. The average molecular weight is 421 g/mol. The van der Waals surface area contributed by atoms with E-state index in [9.17, 15) is 0 Å². The van der Waals surface area contributed by atoms with Crippen molar-refractivity contribution in [1.82, 2.24) is 4.57 Å². The quantitative estimate of drug-likeness (QED) is 0.286. The van der Waals surface area contributed by atoms with Crippen molar-refractivity contribution in [2.75, 3.05) is 5.32 Å². The van der Waals surface area contributed by atoms with E-state index < -0.39 is 0 Å². The maximum absolute atomic E-state index is 3.97. The highest BCUT2D eigenvalue weighted by Gasteiger charge is 2.33. The summed E-state index contributed by atoms with van der Waals surface area (Å²) in [4.78, 5) is 0. The molecule has 154 valence electrons. The van der Waals surface area contributed by atoms with Crippen LogP contribution in [0.25, 0.3) is 49.7 Å². The van der Waals surface area contributed by atoms with Crippen LogP contribution in [0, 0.1) is 0 Å². The average Bonchev–Trinajstić information content (AvgIpc) is 3.15. The number of hydrogen-bond acceptors (Lipinski definition) is 1. The predicted molar refractivity (Wildman–Crippen MR) is 137 cm³/mol. The molecule has 1 aromatic heterocycles. The molecule has 0 aliphatic carbocycles. The van der Waals surface area contributed by atoms with Crippen molar-refractivity contribution in [2.24, 2.45) is 0 Å². The molecule has 5 aromatic carbocycles.